The van der Waals surface area contributed by atoms with E-state index in [-0.39, 0.29) is 29.4 Å². The van der Waals surface area contributed by atoms with Crippen LogP contribution >= 0.6 is 24.0 Å². The van der Waals surface area contributed by atoms with Crippen molar-refractivity contribution in [1.29, 1.82) is 0 Å². The molecule has 3 rings (SSSR count). The zero-order chi connectivity index (χ0) is 20.9. The summed E-state index contributed by atoms with van der Waals surface area (Å²) in [5, 5.41) is 10.8. The first kappa shape index (κ1) is 24.4. The molecule has 2 aromatic rings. The monoisotopic (exact) mass is 526 g/mol. The minimum absolute atomic E-state index is 0. The van der Waals surface area contributed by atoms with Gasteiger partial charge in [0.15, 0.2) is 11.8 Å². The van der Waals surface area contributed by atoms with Gasteiger partial charge in [0, 0.05) is 38.3 Å². The Balaban J connectivity index is 0.00000320. The van der Waals surface area contributed by atoms with E-state index in [9.17, 15) is 0 Å². The zero-order valence-corrected chi connectivity index (χ0v) is 21.1. The zero-order valence-electron chi connectivity index (χ0n) is 18.7. The lowest BCUT2D eigenvalue weighted by Crippen LogP contribution is -2.48. The number of aliphatic imine (C=N–C) groups is 1. The largest absolute Gasteiger partial charge is 0.371 e. The summed E-state index contributed by atoms with van der Waals surface area (Å²) in [4.78, 5) is 11.3. The van der Waals surface area contributed by atoms with Crippen LogP contribution in [0.1, 0.15) is 57.8 Å². The molecule has 0 radical (unpaired) electrons. The van der Waals surface area contributed by atoms with E-state index in [1.54, 1.807) is 6.92 Å². The van der Waals surface area contributed by atoms with Crippen molar-refractivity contribution in [3.05, 3.63) is 41.5 Å². The lowest BCUT2D eigenvalue weighted by Gasteiger charge is -2.35. The number of nitrogens with one attached hydrogen (secondary N) is 2. The maximum atomic E-state index is 5.01. The average Bonchev–Trinajstić information content (AvgIpc) is 3.11. The Morgan fingerprint density at radius 3 is 2.40 bits per heavy atom. The van der Waals surface area contributed by atoms with Crippen LogP contribution in [0.3, 0.4) is 0 Å². The number of aryl methyl sites for hydroxylation is 1. The van der Waals surface area contributed by atoms with Crippen molar-refractivity contribution in [3.63, 3.8) is 0 Å². The Labute approximate surface area is 197 Å². The van der Waals surface area contributed by atoms with Gasteiger partial charge in [-0.2, -0.15) is 4.98 Å². The van der Waals surface area contributed by atoms with Crippen LogP contribution < -0.4 is 15.5 Å². The molecule has 8 heteroatoms. The number of hydrogen-bond acceptors (Lipinski definition) is 5. The quantitative estimate of drug-likeness (QED) is 0.348. The van der Waals surface area contributed by atoms with Crippen molar-refractivity contribution in [2.75, 3.05) is 24.5 Å². The summed E-state index contributed by atoms with van der Waals surface area (Å²) in [5.41, 5.74) is 2.88. The molecule has 7 nitrogen and oxygen atoms in total. The Morgan fingerprint density at radius 2 is 1.87 bits per heavy atom. The third kappa shape index (κ3) is 6.85. The smallest absolute Gasteiger partial charge is 0.223 e. The standard InChI is InChI=1S/C22H34N6O.HI/c1-6-23-21(24-15-20-25-16(2)29-27-20)26-18-11-13-28(14-12-18)19-9-7-17(8-10-19)22(3,4)5;/h7-10,18H,6,11-15H2,1-5H3,(H2,23,24,26);1H. The van der Waals surface area contributed by atoms with Gasteiger partial charge in [0.25, 0.3) is 0 Å². The maximum absolute atomic E-state index is 5.01. The molecule has 0 saturated carbocycles. The molecule has 1 aromatic heterocycles. The van der Waals surface area contributed by atoms with E-state index >= 15 is 0 Å². The second-order valence-electron chi connectivity index (χ2n) is 8.63. The third-order valence-electron chi connectivity index (χ3n) is 5.23. The van der Waals surface area contributed by atoms with E-state index in [1.165, 1.54) is 11.3 Å². The average molecular weight is 526 g/mol. The van der Waals surface area contributed by atoms with E-state index in [2.05, 4.69) is 82.6 Å². The van der Waals surface area contributed by atoms with Crippen molar-refractivity contribution in [2.45, 2.75) is 65.5 Å². The fourth-order valence-electron chi connectivity index (χ4n) is 3.52. The Bertz CT molecular complexity index is 804. The Hall–Kier alpha value is -1.84. The van der Waals surface area contributed by atoms with Crippen LogP contribution in [0.25, 0.3) is 0 Å². The molecule has 2 N–H and O–H groups in total. The molecule has 166 valence electrons. The fraction of sp³-hybridized carbons (Fsp3) is 0.591. The Morgan fingerprint density at radius 1 is 1.20 bits per heavy atom. The molecule has 0 unspecified atom stereocenters. The molecule has 0 bridgehead atoms. The van der Waals surface area contributed by atoms with Crippen LogP contribution in [0, 0.1) is 6.92 Å². The minimum atomic E-state index is 0. The molecule has 0 atom stereocenters. The van der Waals surface area contributed by atoms with Crippen LogP contribution in [0.15, 0.2) is 33.8 Å². The maximum Gasteiger partial charge on any atom is 0.223 e. The normalized spacial score (nSPS) is 15.6. The number of benzene rings is 1. The van der Waals surface area contributed by atoms with Gasteiger partial charge in [-0.15, -0.1) is 24.0 Å². The van der Waals surface area contributed by atoms with E-state index in [1.807, 2.05) is 0 Å². The van der Waals surface area contributed by atoms with Crippen LogP contribution in [0.2, 0.25) is 0 Å². The first-order valence-electron chi connectivity index (χ1n) is 10.5. The van der Waals surface area contributed by atoms with E-state index < -0.39 is 0 Å². The van der Waals surface area contributed by atoms with Crippen molar-refractivity contribution in [1.82, 2.24) is 20.8 Å². The highest BCUT2D eigenvalue weighted by atomic mass is 127. The molecule has 0 aliphatic carbocycles. The molecule has 1 saturated heterocycles. The number of hydrogen-bond donors (Lipinski definition) is 2. The lowest BCUT2D eigenvalue weighted by atomic mass is 9.87. The molecule has 0 amide bonds. The van der Waals surface area contributed by atoms with E-state index in [4.69, 9.17) is 4.52 Å². The predicted octanol–water partition coefficient (Wildman–Crippen LogP) is 4.02. The highest BCUT2D eigenvalue weighted by Gasteiger charge is 2.21. The van der Waals surface area contributed by atoms with Crippen LogP contribution in [-0.2, 0) is 12.0 Å². The van der Waals surface area contributed by atoms with Gasteiger partial charge in [-0.25, -0.2) is 4.99 Å². The first-order chi connectivity index (χ1) is 13.8. The van der Waals surface area contributed by atoms with Crippen molar-refractivity contribution >= 4 is 35.6 Å². The molecule has 1 aliphatic heterocycles. The fourth-order valence-corrected chi connectivity index (χ4v) is 3.52. The van der Waals surface area contributed by atoms with Gasteiger partial charge < -0.3 is 20.1 Å². The molecule has 30 heavy (non-hydrogen) atoms. The molecule has 1 aliphatic rings. The van der Waals surface area contributed by atoms with Crippen LogP contribution in [-0.4, -0.2) is 41.8 Å². The van der Waals surface area contributed by atoms with Gasteiger partial charge in [-0.05, 0) is 42.9 Å². The van der Waals surface area contributed by atoms with Gasteiger partial charge in [-0.1, -0.05) is 38.1 Å². The molecular formula is C22H35IN6O. The summed E-state index contributed by atoms with van der Waals surface area (Å²) in [6.45, 7) is 13.9. The SMILES string of the molecule is CCNC(=NCc1noc(C)n1)NC1CCN(c2ccc(C(C)(C)C)cc2)CC1.I. The molecule has 1 aromatic carbocycles. The van der Waals surface area contributed by atoms with Crippen LogP contribution in [0.4, 0.5) is 5.69 Å². The number of piperidine rings is 1. The second kappa shape index (κ2) is 11.0. The molecule has 0 spiro atoms. The van der Waals surface area contributed by atoms with Gasteiger partial charge in [0.2, 0.25) is 5.89 Å². The summed E-state index contributed by atoms with van der Waals surface area (Å²) in [5.74, 6) is 1.98. The van der Waals surface area contributed by atoms with Crippen molar-refractivity contribution in [2.24, 2.45) is 4.99 Å². The van der Waals surface area contributed by atoms with Gasteiger partial charge in [0.05, 0.1) is 0 Å². The Kier molecular flexibility index (Phi) is 8.93. The number of anilines is 1. The highest BCUT2D eigenvalue weighted by Crippen LogP contribution is 2.26. The summed E-state index contributed by atoms with van der Waals surface area (Å²) in [6, 6.07) is 9.44. The highest BCUT2D eigenvalue weighted by molar-refractivity contribution is 14.0. The number of guanidine groups is 1. The predicted molar refractivity (Wildman–Crippen MR) is 133 cm³/mol. The third-order valence-corrected chi connectivity index (χ3v) is 5.23. The van der Waals surface area contributed by atoms with Crippen molar-refractivity contribution < 1.29 is 4.52 Å². The van der Waals surface area contributed by atoms with E-state index in [0.29, 0.717) is 24.3 Å². The second-order valence-corrected chi connectivity index (χ2v) is 8.63. The van der Waals surface area contributed by atoms with Gasteiger partial charge >= 0.3 is 0 Å². The topological polar surface area (TPSA) is 78.6 Å². The van der Waals surface area contributed by atoms with Crippen LogP contribution in [0.5, 0.6) is 0 Å². The number of nitrogens with zero attached hydrogens (tertiary/aromatic N) is 4. The lowest BCUT2D eigenvalue weighted by molar-refractivity contribution is 0.387. The summed E-state index contributed by atoms with van der Waals surface area (Å²) in [7, 11) is 0. The minimum Gasteiger partial charge on any atom is -0.371 e. The number of aromatic nitrogens is 2. The molecule has 1 fully saturated rings. The van der Waals surface area contributed by atoms with Crippen molar-refractivity contribution in [3.8, 4) is 0 Å². The first-order valence-corrected chi connectivity index (χ1v) is 10.5. The number of rotatable bonds is 5. The van der Waals surface area contributed by atoms with E-state index in [0.717, 1.165) is 38.4 Å². The molecular weight excluding hydrogens is 491 g/mol. The number of halogens is 1. The summed E-state index contributed by atoms with van der Waals surface area (Å²) in [6.07, 6.45) is 2.15. The van der Waals surface area contributed by atoms with Gasteiger partial charge in [0.1, 0.15) is 6.54 Å². The summed E-state index contributed by atoms with van der Waals surface area (Å²) >= 11 is 0. The molecule has 2 heterocycles. The van der Waals surface area contributed by atoms with Gasteiger partial charge in [-0.3, -0.25) is 0 Å². The summed E-state index contributed by atoms with van der Waals surface area (Å²) < 4.78 is 5.01.